The summed E-state index contributed by atoms with van der Waals surface area (Å²) in [6, 6.07) is 7.21. The number of benzene rings is 1. The third-order valence-electron chi connectivity index (χ3n) is 3.95. The van der Waals surface area contributed by atoms with Gasteiger partial charge >= 0.3 is 0 Å². The van der Waals surface area contributed by atoms with Gasteiger partial charge in [-0.15, -0.1) is 0 Å². The minimum atomic E-state index is 0.340. The van der Waals surface area contributed by atoms with Crippen LogP contribution in [0.15, 0.2) is 18.2 Å². The zero-order valence-electron chi connectivity index (χ0n) is 12.9. The number of hydrogen-bond acceptors (Lipinski definition) is 3. The summed E-state index contributed by atoms with van der Waals surface area (Å²) < 4.78 is 11.2. The second-order valence-electron chi connectivity index (χ2n) is 5.54. The van der Waals surface area contributed by atoms with Gasteiger partial charge in [-0.1, -0.05) is 32.8 Å². The van der Waals surface area contributed by atoms with Gasteiger partial charge in [-0.3, -0.25) is 0 Å². The summed E-state index contributed by atoms with van der Waals surface area (Å²) in [4.78, 5) is 0. The Morgan fingerprint density at radius 3 is 2.60 bits per heavy atom. The maximum absolute atomic E-state index is 5.66. The monoisotopic (exact) mass is 277 g/mol. The molecule has 0 fully saturated rings. The van der Waals surface area contributed by atoms with Crippen molar-refractivity contribution in [1.82, 2.24) is 5.32 Å². The first-order valence-corrected chi connectivity index (χ1v) is 7.90. The van der Waals surface area contributed by atoms with E-state index in [2.05, 4.69) is 38.2 Å². The molecule has 1 heterocycles. The molecule has 2 rings (SSSR count). The van der Waals surface area contributed by atoms with Crippen molar-refractivity contribution < 1.29 is 9.47 Å². The van der Waals surface area contributed by atoms with E-state index in [9.17, 15) is 0 Å². The lowest BCUT2D eigenvalue weighted by atomic mass is 10.0. The summed E-state index contributed by atoms with van der Waals surface area (Å²) in [5, 5.41) is 3.73. The van der Waals surface area contributed by atoms with Crippen molar-refractivity contribution in [3.05, 3.63) is 23.8 Å². The van der Waals surface area contributed by atoms with Gasteiger partial charge in [0.15, 0.2) is 11.5 Å². The number of unbranched alkanes of at least 4 members (excludes halogenated alkanes) is 1. The lowest BCUT2D eigenvalue weighted by Crippen LogP contribution is -2.31. The van der Waals surface area contributed by atoms with Crippen molar-refractivity contribution in [2.24, 2.45) is 0 Å². The highest BCUT2D eigenvalue weighted by Gasteiger charge is 2.16. The number of nitrogens with one attached hydrogen (secondary N) is 1. The molecule has 0 amide bonds. The third-order valence-corrected chi connectivity index (χ3v) is 3.95. The molecule has 2 unspecified atom stereocenters. The Balaban J connectivity index is 1.99. The van der Waals surface area contributed by atoms with Gasteiger partial charge in [0.1, 0.15) is 13.2 Å². The number of ether oxygens (including phenoxy) is 2. The molecule has 0 spiro atoms. The van der Waals surface area contributed by atoms with E-state index in [1.165, 1.54) is 31.2 Å². The predicted molar refractivity (Wildman–Crippen MR) is 82.6 cm³/mol. The van der Waals surface area contributed by atoms with Gasteiger partial charge in [0.25, 0.3) is 0 Å². The summed E-state index contributed by atoms with van der Waals surface area (Å²) in [5.74, 6) is 1.74. The van der Waals surface area contributed by atoms with E-state index in [1.807, 2.05) is 6.07 Å². The number of rotatable bonds is 7. The van der Waals surface area contributed by atoms with Crippen LogP contribution < -0.4 is 14.8 Å². The van der Waals surface area contributed by atoms with Gasteiger partial charge < -0.3 is 14.8 Å². The number of hydrogen-bond donors (Lipinski definition) is 1. The molecule has 0 radical (unpaired) electrons. The van der Waals surface area contributed by atoms with Gasteiger partial charge in [0.05, 0.1) is 0 Å². The van der Waals surface area contributed by atoms with Crippen LogP contribution in [0.25, 0.3) is 0 Å². The van der Waals surface area contributed by atoms with E-state index in [-0.39, 0.29) is 0 Å². The first kappa shape index (κ1) is 15.2. The first-order valence-electron chi connectivity index (χ1n) is 7.90. The average molecular weight is 277 g/mol. The molecule has 1 aliphatic rings. The van der Waals surface area contributed by atoms with Crippen LogP contribution in [0.3, 0.4) is 0 Å². The highest BCUT2D eigenvalue weighted by Crippen LogP contribution is 2.32. The van der Waals surface area contributed by atoms with Crippen molar-refractivity contribution >= 4 is 0 Å². The predicted octanol–water partition coefficient (Wildman–Crippen LogP) is 4.08. The topological polar surface area (TPSA) is 30.5 Å². The highest BCUT2D eigenvalue weighted by molar-refractivity contribution is 5.44. The Labute approximate surface area is 122 Å². The maximum Gasteiger partial charge on any atom is 0.161 e. The zero-order chi connectivity index (χ0) is 14.4. The van der Waals surface area contributed by atoms with E-state index in [4.69, 9.17) is 9.47 Å². The van der Waals surface area contributed by atoms with Crippen LogP contribution in [-0.4, -0.2) is 19.3 Å². The molecule has 0 saturated heterocycles. The van der Waals surface area contributed by atoms with Gasteiger partial charge in [-0.25, -0.2) is 0 Å². The van der Waals surface area contributed by atoms with Gasteiger partial charge in [0, 0.05) is 12.1 Å². The van der Waals surface area contributed by atoms with Crippen LogP contribution in [0.4, 0.5) is 0 Å². The Kier molecular flexibility index (Phi) is 5.72. The van der Waals surface area contributed by atoms with Crippen LogP contribution in [0, 0.1) is 0 Å². The van der Waals surface area contributed by atoms with Gasteiger partial charge in [-0.2, -0.15) is 0 Å². The minimum absolute atomic E-state index is 0.340. The van der Waals surface area contributed by atoms with Crippen molar-refractivity contribution in [1.29, 1.82) is 0 Å². The van der Waals surface area contributed by atoms with Crippen LogP contribution >= 0.6 is 0 Å². The minimum Gasteiger partial charge on any atom is -0.486 e. The van der Waals surface area contributed by atoms with E-state index in [1.54, 1.807) is 0 Å². The molecule has 0 bridgehead atoms. The molecule has 20 heavy (non-hydrogen) atoms. The third kappa shape index (κ3) is 3.89. The maximum atomic E-state index is 5.66. The molecule has 0 aliphatic carbocycles. The quantitative estimate of drug-likeness (QED) is 0.814. The molecule has 1 aromatic carbocycles. The molecule has 1 aliphatic heterocycles. The number of fused-ring (bicyclic) bond motifs is 1. The van der Waals surface area contributed by atoms with Crippen molar-refractivity contribution in [2.75, 3.05) is 13.2 Å². The smallest absolute Gasteiger partial charge is 0.161 e. The normalized spacial score (nSPS) is 16.8. The highest BCUT2D eigenvalue weighted by atomic mass is 16.6. The molecular weight excluding hydrogens is 250 g/mol. The van der Waals surface area contributed by atoms with E-state index in [0.29, 0.717) is 25.3 Å². The van der Waals surface area contributed by atoms with Crippen LogP contribution in [0.5, 0.6) is 11.5 Å². The Hall–Kier alpha value is -1.22. The van der Waals surface area contributed by atoms with E-state index < -0.39 is 0 Å². The lowest BCUT2D eigenvalue weighted by molar-refractivity contribution is 0.171. The Morgan fingerprint density at radius 1 is 1.15 bits per heavy atom. The fraction of sp³-hybridized carbons (Fsp3) is 0.647. The molecule has 3 nitrogen and oxygen atoms in total. The van der Waals surface area contributed by atoms with E-state index >= 15 is 0 Å². The summed E-state index contributed by atoms with van der Waals surface area (Å²) in [7, 11) is 0. The van der Waals surface area contributed by atoms with Gasteiger partial charge in [0.2, 0.25) is 0 Å². The zero-order valence-corrected chi connectivity index (χ0v) is 12.9. The second-order valence-corrected chi connectivity index (χ2v) is 5.54. The molecule has 112 valence electrons. The molecule has 0 saturated carbocycles. The SMILES string of the molecule is CCCCC(CC)NC(C)c1ccc2c(c1)OCCO2. The Bertz CT molecular complexity index is 419. The van der Waals surface area contributed by atoms with Crippen LogP contribution in [-0.2, 0) is 0 Å². The van der Waals surface area contributed by atoms with Gasteiger partial charge in [-0.05, 0) is 37.5 Å². The molecular formula is C17H27NO2. The largest absolute Gasteiger partial charge is 0.486 e. The van der Waals surface area contributed by atoms with E-state index in [0.717, 1.165) is 11.5 Å². The molecule has 3 heteroatoms. The van der Waals surface area contributed by atoms with Crippen molar-refractivity contribution in [3.63, 3.8) is 0 Å². The van der Waals surface area contributed by atoms with Crippen molar-refractivity contribution in [3.8, 4) is 11.5 Å². The second kappa shape index (κ2) is 7.53. The molecule has 1 aromatic rings. The lowest BCUT2D eigenvalue weighted by Gasteiger charge is -2.24. The average Bonchev–Trinajstić information content (AvgIpc) is 2.50. The fourth-order valence-electron chi connectivity index (χ4n) is 2.63. The summed E-state index contributed by atoms with van der Waals surface area (Å²) >= 11 is 0. The van der Waals surface area contributed by atoms with Crippen LogP contribution in [0.2, 0.25) is 0 Å². The van der Waals surface area contributed by atoms with Crippen molar-refractivity contribution in [2.45, 2.75) is 58.5 Å². The standard InChI is InChI=1S/C17H27NO2/c1-4-6-7-15(5-2)18-13(3)14-8-9-16-17(12-14)20-11-10-19-16/h8-9,12-13,15,18H,4-7,10-11H2,1-3H3. The summed E-state index contributed by atoms with van der Waals surface area (Å²) in [6.07, 6.45) is 4.98. The first-order chi connectivity index (χ1) is 9.74. The summed E-state index contributed by atoms with van der Waals surface area (Å²) in [6.45, 7) is 8.02. The fourth-order valence-corrected chi connectivity index (χ4v) is 2.63. The van der Waals surface area contributed by atoms with Crippen LogP contribution in [0.1, 0.15) is 58.1 Å². The molecule has 0 aromatic heterocycles. The summed E-state index contributed by atoms with van der Waals surface area (Å²) in [5.41, 5.74) is 1.27. The molecule has 2 atom stereocenters. The Morgan fingerprint density at radius 2 is 1.90 bits per heavy atom. The molecule has 1 N–H and O–H groups in total.